The number of hydrogen-bond donors (Lipinski definition) is 3. The maximum absolute atomic E-state index is 11.0. The van der Waals surface area contributed by atoms with E-state index >= 15 is 0 Å². The van der Waals surface area contributed by atoms with E-state index in [0.29, 0.717) is 5.03 Å². The van der Waals surface area contributed by atoms with E-state index in [2.05, 4.69) is 4.98 Å². The average molecular weight is 271 g/mol. The molecule has 1 aromatic rings. The number of carboxylic acid groups (broad SMARTS) is 1. The normalized spacial score (nSPS) is 12.4. The van der Waals surface area contributed by atoms with E-state index in [1.54, 1.807) is 6.07 Å². The van der Waals surface area contributed by atoms with Crippen molar-refractivity contribution in [2.24, 2.45) is 0 Å². The van der Waals surface area contributed by atoms with E-state index in [-0.39, 0.29) is 17.9 Å². The van der Waals surface area contributed by atoms with Gasteiger partial charge in [0, 0.05) is 11.4 Å². The van der Waals surface area contributed by atoms with Crippen LogP contribution in [-0.4, -0.2) is 44.7 Å². The lowest BCUT2D eigenvalue weighted by Gasteiger charge is -2.08. The fourth-order valence-corrected chi connectivity index (χ4v) is 2.24. The molecule has 0 spiro atoms. The Morgan fingerprint density at radius 1 is 1.50 bits per heavy atom. The van der Waals surface area contributed by atoms with Gasteiger partial charge < -0.3 is 15.3 Å². The zero-order valence-corrected chi connectivity index (χ0v) is 11.0. The third kappa shape index (κ3) is 4.64. The lowest BCUT2D eigenvalue weighted by molar-refractivity contribution is 0.0696. The molecule has 1 unspecified atom stereocenters. The molecule has 100 valence electrons. The van der Waals surface area contributed by atoms with Gasteiger partial charge in [0.25, 0.3) is 0 Å². The van der Waals surface area contributed by atoms with Crippen molar-refractivity contribution in [1.82, 2.24) is 4.98 Å². The number of carbonyl (C=O) groups is 1. The molecular formula is C12H17NO4S. The number of pyridine rings is 1. The van der Waals surface area contributed by atoms with Gasteiger partial charge in [-0.3, -0.25) is 0 Å². The summed E-state index contributed by atoms with van der Waals surface area (Å²) in [6.45, 7) is 1.69. The van der Waals surface area contributed by atoms with E-state index in [0.717, 1.165) is 18.5 Å². The Labute approximate surface area is 110 Å². The quantitative estimate of drug-likeness (QED) is 0.645. The van der Waals surface area contributed by atoms with Gasteiger partial charge in [0.05, 0.1) is 23.3 Å². The van der Waals surface area contributed by atoms with Crippen LogP contribution in [0.3, 0.4) is 0 Å². The number of aryl methyl sites for hydroxylation is 1. The Balaban J connectivity index is 2.85. The van der Waals surface area contributed by atoms with Crippen molar-refractivity contribution in [2.75, 3.05) is 12.4 Å². The summed E-state index contributed by atoms with van der Waals surface area (Å²) < 4.78 is 0. The second-order valence-electron chi connectivity index (χ2n) is 3.89. The molecule has 1 aromatic heterocycles. The highest BCUT2D eigenvalue weighted by Gasteiger charge is 2.10. The minimum Gasteiger partial charge on any atom is -0.478 e. The first-order chi connectivity index (χ1) is 8.56. The van der Waals surface area contributed by atoms with Crippen molar-refractivity contribution in [3.8, 4) is 0 Å². The zero-order valence-electron chi connectivity index (χ0n) is 10.2. The highest BCUT2D eigenvalue weighted by Crippen LogP contribution is 2.19. The molecule has 0 aromatic carbocycles. The molecule has 0 fully saturated rings. The molecule has 3 N–H and O–H groups in total. The first-order valence-corrected chi connectivity index (χ1v) is 6.71. The maximum Gasteiger partial charge on any atom is 0.335 e. The molecule has 5 nitrogen and oxygen atoms in total. The molecule has 0 saturated carbocycles. The first kappa shape index (κ1) is 14.9. The molecule has 0 aliphatic carbocycles. The summed E-state index contributed by atoms with van der Waals surface area (Å²) in [6, 6.07) is 3.05. The fraction of sp³-hybridized carbons (Fsp3) is 0.500. The van der Waals surface area contributed by atoms with Gasteiger partial charge in [0.1, 0.15) is 0 Å². The predicted molar refractivity (Wildman–Crippen MR) is 69.0 cm³/mol. The fourth-order valence-electron chi connectivity index (χ4n) is 1.38. The van der Waals surface area contributed by atoms with Crippen LogP contribution in [0.15, 0.2) is 17.2 Å². The highest BCUT2D eigenvalue weighted by atomic mass is 32.2. The van der Waals surface area contributed by atoms with Gasteiger partial charge in [-0.1, -0.05) is 13.3 Å². The van der Waals surface area contributed by atoms with E-state index in [9.17, 15) is 9.90 Å². The summed E-state index contributed by atoms with van der Waals surface area (Å²) in [7, 11) is 0. The van der Waals surface area contributed by atoms with Crippen LogP contribution in [0.1, 0.15) is 29.4 Å². The van der Waals surface area contributed by atoms with Crippen LogP contribution in [0.4, 0.5) is 0 Å². The standard InChI is InChI=1S/C12H17NO4S/c1-2-3-9-4-8(12(16)17)5-11(13-9)18-7-10(15)6-14/h4-5,10,14-15H,2-3,6-7H2,1H3,(H,16,17). The second kappa shape index (κ2) is 7.35. The zero-order chi connectivity index (χ0) is 13.5. The molecule has 1 rings (SSSR count). The molecule has 0 saturated heterocycles. The van der Waals surface area contributed by atoms with Gasteiger partial charge in [-0.05, 0) is 18.6 Å². The Morgan fingerprint density at radius 2 is 2.22 bits per heavy atom. The van der Waals surface area contributed by atoms with E-state index in [1.165, 1.54) is 17.8 Å². The molecule has 1 heterocycles. The van der Waals surface area contributed by atoms with Gasteiger partial charge in [0.2, 0.25) is 0 Å². The first-order valence-electron chi connectivity index (χ1n) is 5.72. The van der Waals surface area contributed by atoms with Crippen molar-refractivity contribution >= 4 is 17.7 Å². The van der Waals surface area contributed by atoms with Crippen LogP contribution in [0.5, 0.6) is 0 Å². The van der Waals surface area contributed by atoms with Gasteiger partial charge in [0.15, 0.2) is 0 Å². The van der Waals surface area contributed by atoms with Crippen molar-refractivity contribution < 1.29 is 20.1 Å². The molecular weight excluding hydrogens is 254 g/mol. The lowest BCUT2D eigenvalue weighted by atomic mass is 10.2. The van der Waals surface area contributed by atoms with Crippen LogP contribution in [0.2, 0.25) is 0 Å². The predicted octanol–water partition coefficient (Wildman–Crippen LogP) is 1.18. The molecule has 1 atom stereocenters. The average Bonchev–Trinajstić information content (AvgIpc) is 2.36. The van der Waals surface area contributed by atoms with Crippen LogP contribution in [0.25, 0.3) is 0 Å². The number of aromatic nitrogens is 1. The Bertz CT molecular complexity index is 411. The Kier molecular flexibility index (Phi) is 6.11. The monoisotopic (exact) mass is 271 g/mol. The highest BCUT2D eigenvalue weighted by molar-refractivity contribution is 7.99. The Morgan fingerprint density at radius 3 is 2.78 bits per heavy atom. The van der Waals surface area contributed by atoms with Crippen LogP contribution in [0, 0.1) is 0 Å². The van der Waals surface area contributed by atoms with E-state index in [1.807, 2.05) is 6.92 Å². The third-order valence-corrected chi connectivity index (χ3v) is 3.30. The largest absolute Gasteiger partial charge is 0.478 e. The van der Waals surface area contributed by atoms with Crippen molar-refractivity contribution in [3.63, 3.8) is 0 Å². The summed E-state index contributed by atoms with van der Waals surface area (Å²) in [5, 5.41) is 27.5. The van der Waals surface area contributed by atoms with Gasteiger partial charge >= 0.3 is 5.97 Å². The van der Waals surface area contributed by atoms with Crippen LogP contribution in [-0.2, 0) is 6.42 Å². The number of aromatic carboxylic acids is 1. The number of nitrogens with zero attached hydrogens (tertiary/aromatic N) is 1. The van der Waals surface area contributed by atoms with Crippen LogP contribution < -0.4 is 0 Å². The smallest absolute Gasteiger partial charge is 0.335 e. The van der Waals surface area contributed by atoms with Crippen LogP contribution >= 0.6 is 11.8 Å². The second-order valence-corrected chi connectivity index (χ2v) is 4.93. The molecule has 0 radical (unpaired) electrons. The number of carboxylic acids is 1. The van der Waals surface area contributed by atoms with Gasteiger partial charge in [-0.15, -0.1) is 11.8 Å². The SMILES string of the molecule is CCCc1cc(C(=O)O)cc(SCC(O)CO)n1. The molecule has 18 heavy (non-hydrogen) atoms. The molecule has 0 aliphatic rings. The van der Waals surface area contributed by atoms with Crippen molar-refractivity contribution in [1.29, 1.82) is 0 Å². The van der Waals surface area contributed by atoms with E-state index in [4.69, 9.17) is 10.2 Å². The maximum atomic E-state index is 11.0. The number of aliphatic hydroxyl groups is 2. The lowest BCUT2D eigenvalue weighted by Crippen LogP contribution is -2.14. The summed E-state index contributed by atoms with van der Waals surface area (Å²) in [6.07, 6.45) is 0.788. The molecule has 0 bridgehead atoms. The topological polar surface area (TPSA) is 90.7 Å². The molecule has 0 aliphatic heterocycles. The minimum atomic E-state index is -0.987. The summed E-state index contributed by atoms with van der Waals surface area (Å²) in [4.78, 5) is 15.3. The Hall–Kier alpha value is -1.11. The minimum absolute atomic E-state index is 0.203. The van der Waals surface area contributed by atoms with Gasteiger partial charge in [-0.25, -0.2) is 9.78 Å². The number of aliphatic hydroxyl groups excluding tert-OH is 2. The summed E-state index contributed by atoms with van der Waals surface area (Å²) >= 11 is 1.24. The summed E-state index contributed by atoms with van der Waals surface area (Å²) in [5.41, 5.74) is 0.938. The number of rotatable bonds is 7. The number of thioether (sulfide) groups is 1. The van der Waals surface area contributed by atoms with Gasteiger partial charge in [-0.2, -0.15) is 0 Å². The summed E-state index contributed by atoms with van der Waals surface area (Å²) in [5.74, 6) is -0.697. The molecule has 0 amide bonds. The number of hydrogen-bond acceptors (Lipinski definition) is 5. The van der Waals surface area contributed by atoms with Crippen molar-refractivity contribution in [2.45, 2.75) is 30.9 Å². The van der Waals surface area contributed by atoms with Crippen molar-refractivity contribution in [3.05, 3.63) is 23.4 Å². The third-order valence-electron chi connectivity index (χ3n) is 2.24. The molecule has 6 heteroatoms. The van der Waals surface area contributed by atoms with E-state index < -0.39 is 12.1 Å².